The first-order chi connectivity index (χ1) is 22.6. The molecule has 1 N–H and O–H groups in total. The van der Waals surface area contributed by atoms with Crippen LogP contribution >= 0.6 is 11.3 Å². The van der Waals surface area contributed by atoms with Gasteiger partial charge in [0.05, 0.1) is 21.4 Å². The third-order valence-electron chi connectivity index (χ3n) is 10.6. The minimum Gasteiger partial charge on any atom is -0.455 e. The topological polar surface area (TPSA) is 32.2 Å². The Morgan fingerprint density at radius 2 is 1.46 bits per heavy atom. The summed E-state index contributed by atoms with van der Waals surface area (Å²) >= 11 is 1.87. The van der Waals surface area contributed by atoms with Crippen molar-refractivity contribution in [2.45, 2.75) is 19.3 Å². The molecular formula is C41H27BN2OS. The predicted octanol–water partition coefficient (Wildman–Crippen LogP) is 9.91. The average Bonchev–Trinajstić information content (AvgIpc) is 3.76. The van der Waals surface area contributed by atoms with E-state index in [1.807, 2.05) is 11.3 Å². The highest BCUT2D eigenvalue weighted by atomic mass is 32.1. The van der Waals surface area contributed by atoms with E-state index >= 15 is 0 Å². The van der Waals surface area contributed by atoms with Crippen LogP contribution in [0.4, 0.5) is 17.1 Å². The fraction of sp³-hybridized carbons (Fsp3) is 0.0732. The highest BCUT2D eigenvalue weighted by Gasteiger charge is 2.41. The molecule has 11 rings (SSSR count). The van der Waals surface area contributed by atoms with Gasteiger partial charge in [0.2, 0.25) is 0 Å². The number of H-pyrrole nitrogens is 1. The highest BCUT2D eigenvalue weighted by Crippen LogP contribution is 2.53. The number of anilines is 3. The first kappa shape index (κ1) is 25.0. The number of nitrogens with zero attached hydrogens (tertiary/aromatic N) is 1. The maximum Gasteiger partial charge on any atom is 0.198 e. The van der Waals surface area contributed by atoms with E-state index < -0.39 is 0 Å². The second kappa shape index (κ2) is 8.51. The lowest BCUT2D eigenvalue weighted by molar-refractivity contribution is 0.632. The minimum absolute atomic E-state index is 0.102. The van der Waals surface area contributed by atoms with Crippen molar-refractivity contribution in [3.63, 3.8) is 0 Å². The number of hydrogen-bond acceptors (Lipinski definition) is 3. The van der Waals surface area contributed by atoms with Crippen LogP contribution < -0.4 is 15.8 Å². The van der Waals surface area contributed by atoms with Gasteiger partial charge < -0.3 is 14.3 Å². The molecule has 5 heterocycles. The lowest BCUT2D eigenvalue weighted by Gasteiger charge is -2.46. The van der Waals surface area contributed by atoms with Crippen LogP contribution in [-0.4, -0.2) is 12.3 Å². The van der Waals surface area contributed by atoms with Crippen molar-refractivity contribution in [1.82, 2.24) is 4.98 Å². The van der Waals surface area contributed by atoms with Crippen LogP contribution in [0.5, 0.6) is 0 Å². The molecule has 0 aliphatic carbocycles. The fourth-order valence-corrected chi connectivity index (χ4v) is 9.71. The first-order valence-electron chi connectivity index (χ1n) is 16.0. The summed E-state index contributed by atoms with van der Waals surface area (Å²) in [6.07, 6.45) is 0. The Morgan fingerprint density at radius 1 is 0.696 bits per heavy atom. The largest absolute Gasteiger partial charge is 0.455 e. The summed E-state index contributed by atoms with van der Waals surface area (Å²) in [6, 6.07) is 42.2. The molecule has 0 saturated carbocycles. The Hall–Kier alpha value is -5.26. The van der Waals surface area contributed by atoms with Gasteiger partial charge in [0.1, 0.15) is 11.2 Å². The van der Waals surface area contributed by atoms with Crippen LogP contribution in [0.25, 0.3) is 64.3 Å². The summed E-state index contributed by atoms with van der Waals surface area (Å²) in [6.45, 7) is 4.74. The maximum absolute atomic E-state index is 6.85. The van der Waals surface area contributed by atoms with E-state index in [0.29, 0.717) is 0 Å². The summed E-state index contributed by atoms with van der Waals surface area (Å²) in [7, 11) is 0.837. The van der Waals surface area contributed by atoms with Crippen molar-refractivity contribution < 1.29 is 4.42 Å². The molecule has 3 nitrogen and oxygen atoms in total. The Balaban J connectivity index is 1.30. The van der Waals surface area contributed by atoms with E-state index in [1.165, 1.54) is 81.4 Å². The Kier molecular flexibility index (Phi) is 4.62. The van der Waals surface area contributed by atoms with Crippen molar-refractivity contribution in [3.8, 4) is 11.1 Å². The van der Waals surface area contributed by atoms with E-state index in [9.17, 15) is 0 Å². The Morgan fingerprint density at radius 3 is 2.39 bits per heavy atom. The zero-order valence-electron chi connectivity index (χ0n) is 25.4. The van der Waals surface area contributed by atoms with Crippen molar-refractivity contribution in [3.05, 3.63) is 126 Å². The van der Waals surface area contributed by atoms with Gasteiger partial charge in [0.25, 0.3) is 0 Å². The van der Waals surface area contributed by atoms with Crippen molar-refractivity contribution in [2.75, 3.05) is 4.90 Å². The minimum atomic E-state index is -0.102. The highest BCUT2D eigenvalue weighted by molar-refractivity contribution is 7.26. The van der Waals surface area contributed by atoms with E-state index in [1.54, 1.807) is 0 Å². The van der Waals surface area contributed by atoms with E-state index in [2.05, 4.69) is 139 Å². The van der Waals surface area contributed by atoms with Crippen LogP contribution in [-0.2, 0) is 5.41 Å². The summed E-state index contributed by atoms with van der Waals surface area (Å²) < 4.78 is 9.47. The summed E-state index contributed by atoms with van der Waals surface area (Å²) in [5.74, 6) is 0. The van der Waals surface area contributed by atoms with E-state index in [-0.39, 0.29) is 5.41 Å². The maximum atomic E-state index is 6.85. The third kappa shape index (κ3) is 3.00. The number of aromatic amines is 1. The molecule has 0 amide bonds. The molecule has 5 heteroatoms. The Labute approximate surface area is 269 Å². The lowest BCUT2D eigenvalue weighted by Crippen LogP contribution is -2.45. The Bertz CT molecular complexity index is 2780. The molecule has 9 aromatic rings. The van der Waals surface area contributed by atoms with Gasteiger partial charge in [-0.05, 0) is 40.9 Å². The van der Waals surface area contributed by atoms with E-state index in [0.717, 1.165) is 29.2 Å². The molecule has 6 aromatic carbocycles. The molecule has 0 radical (unpaired) electrons. The molecular weight excluding hydrogens is 579 g/mol. The SMILES string of the molecule is CC1(C)c2ccccc2N2c3cc4c(oc5ccccc54)c(-c4cccc5c4[nH]c4c6ccccc6sc54)c3Bc3cccc1c32. The fourth-order valence-electron chi connectivity index (χ4n) is 8.52. The van der Waals surface area contributed by atoms with Crippen LogP contribution in [0.3, 0.4) is 0 Å². The van der Waals surface area contributed by atoms with Crippen LogP contribution in [0, 0.1) is 0 Å². The molecule has 0 spiro atoms. The number of thiophene rings is 1. The number of rotatable bonds is 1. The molecule has 0 atom stereocenters. The molecule has 2 aliphatic rings. The molecule has 2 aliphatic heterocycles. The number of furan rings is 1. The van der Waals surface area contributed by atoms with Gasteiger partial charge in [-0.25, -0.2) is 0 Å². The molecule has 0 bridgehead atoms. The summed E-state index contributed by atoms with van der Waals surface area (Å²) in [4.78, 5) is 6.47. The smallest absolute Gasteiger partial charge is 0.198 e. The molecule has 0 fully saturated rings. The van der Waals surface area contributed by atoms with E-state index in [4.69, 9.17) is 4.42 Å². The molecule has 3 aromatic heterocycles. The van der Waals surface area contributed by atoms with Gasteiger partial charge in [-0.2, -0.15) is 0 Å². The van der Waals surface area contributed by atoms with Crippen molar-refractivity contribution >= 4 is 99.7 Å². The number of aromatic nitrogens is 1. The number of fused-ring (bicyclic) bond motifs is 12. The van der Waals surface area contributed by atoms with Gasteiger partial charge in [-0.1, -0.05) is 110 Å². The van der Waals surface area contributed by atoms with Crippen LogP contribution in [0.2, 0.25) is 0 Å². The third-order valence-corrected chi connectivity index (χ3v) is 11.8. The van der Waals surface area contributed by atoms with Gasteiger partial charge in [0.15, 0.2) is 7.28 Å². The van der Waals surface area contributed by atoms with Crippen LogP contribution in [0.15, 0.2) is 120 Å². The normalized spacial score (nSPS) is 14.6. The lowest BCUT2D eigenvalue weighted by atomic mass is 9.56. The molecule has 216 valence electrons. The quantitative estimate of drug-likeness (QED) is 0.189. The van der Waals surface area contributed by atoms with Crippen LogP contribution in [0.1, 0.15) is 25.0 Å². The second-order valence-electron chi connectivity index (χ2n) is 13.3. The van der Waals surface area contributed by atoms with Crippen molar-refractivity contribution in [1.29, 1.82) is 0 Å². The second-order valence-corrected chi connectivity index (χ2v) is 14.4. The standard InChI is InChI=1S/C41H27BN2OS/c1-41(2)27-15-5-6-18-30(27)44-31-21-26-22-11-3-7-19-32(22)45-39(26)34(35(31)42-29-17-10-16-28(41)38(29)44)24-13-9-14-25-36(24)43-37-23-12-4-8-20-33(23)46-40(25)37/h3-21,42-43H,1-2H3. The predicted molar refractivity (Wildman–Crippen MR) is 197 cm³/mol. The van der Waals surface area contributed by atoms with Gasteiger partial charge in [-0.15, -0.1) is 11.3 Å². The molecule has 46 heavy (non-hydrogen) atoms. The van der Waals surface area contributed by atoms with Gasteiger partial charge >= 0.3 is 0 Å². The number of para-hydroxylation sites is 4. The monoisotopic (exact) mass is 606 g/mol. The first-order valence-corrected chi connectivity index (χ1v) is 16.8. The molecule has 0 saturated heterocycles. The van der Waals surface area contributed by atoms with Crippen molar-refractivity contribution in [2.24, 2.45) is 0 Å². The summed E-state index contributed by atoms with van der Waals surface area (Å²) in [5.41, 5.74) is 15.8. The zero-order chi connectivity index (χ0) is 30.3. The van der Waals surface area contributed by atoms with Gasteiger partial charge in [0, 0.05) is 54.2 Å². The number of benzene rings is 6. The summed E-state index contributed by atoms with van der Waals surface area (Å²) in [5, 5.41) is 4.85. The molecule has 0 unspecified atom stereocenters. The number of hydrogen-bond donors (Lipinski definition) is 1. The average molecular weight is 607 g/mol. The van der Waals surface area contributed by atoms with Gasteiger partial charge in [-0.3, -0.25) is 0 Å². The number of nitrogens with one attached hydrogen (secondary N) is 1. The zero-order valence-corrected chi connectivity index (χ0v) is 26.3.